The molecule has 0 spiro atoms. The van der Waals surface area contributed by atoms with E-state index in [4.69, 9.17) is 4.74 Å². The van der Waals surface area contributed by atoms with E-state index in [1.54, 1.807) is 24.8 Å². The molecule has 1 unspecified atom stereocenters. The van der Waals surface area contributed by atoms with E-state index >= 15 is 0 Å². The number of carbonyl (C=O) groups excluding carboxylic acids is 2. The Kier molecular flexibility index (Phi) is 8.76. The fourth-order valence-electron chi connectivity index (χ4n) is 2.17. The van der Waals surface area contributed by atoms with Gasteiger partial charge < -0.3 is 15.4 Å². The molecule has 1 atom stereocenters. The highest BCUT2D eigenvalue weighted by molar-refractivity contribution is 14.1. The highest BCUT2D eigenvalue weighted by Gasteiger charge is 2.22. The fraction of sp³-hybridized carbons (Fsp3) is 0.263. The van der Waals surface area contributed by atoms with Crippen molar-refractivity contribution >= 4 is 52.0 Å². The van der Waals surface area contributed by atoms with Gasteiger partial charge in [-0.2, -0.15) is 11.8 Å². The van der Waals surface area contributed by atoms with Gasteiger partial charge in [0.05, 0.1) is 6.61 Å². The molecule has 0 saturated heterocycles. The maximum Gasteiger partial charge on any atom is 0.329 e. The largest absolute Gasteiger partial charge is 0.464 e. The molecule has 0 saturated carbocycles. The molecule has 5 nitrogen and oxygen atoms in total. The Hall–Kier alpha value is -1.74. The Morgan fingerprint density at radius 2 is 1.92 bits per heavy atom. The number of hydrogen-bond acceptors (Lipinski definition) is 4. The third-order valence-electron chi connectivity index (χ3n) is 3.35. The van der Waals surface area contributed by atoms with E-state index in [-0.39, 0.29) is 6.61 Å². The van der Waals surface area contributed by atoms with Crippen molar-refractivity contribution in [1.29, 1.82) is 0 Å². The average molecular weight is 484 g/mol. The molecule has 2 amide bonds. The molecule has 0 fully saturated rings. The molecule has 26 heavy (non-hydrogen) atoms. The number of anilines is 1. The Labute approximate surface area is 171 Å². The van der Waals surface area contributed by atoms with E-state index in [0.717, 1.165) is 9.32 Å². The molecule has 2 aromatic rings. The number of rotatable bonds is 8. The normalized spacial score (nSPS) is 11.5. The summed E-state index contributed by atoms with van der Waals surface area (Å²) in [5, 5.41) is 5.45. The Bertz CT molecular complexity index is 728. The number of urea groups is 1. The molecule has 138 valence electrons. The molecular weight excluding hydrogens is 463 g/mol. The molecule has 7 heteroatoms. The summed E-state index contributed by atoms with van der Waals surface area (Å²) in [5.41, 5.74) is 1.84. The van der Waals surface area contributed by atoms with Gasteiger partial charge in [0.25, 0.3) is 0 Å². The quantitative estimate of drug-likeness (QED) is 0.434. The summed E-state index contributed by atoms with van der Waals surface area (Å²) in [4.78, 5) is 24.4. The maximum atomic E-state index is 12.2. The highest BCUT2D eigenvalue weighted by atomic mass is 127. The topological polar surface area (TPSA) is 67.4 Å². The Balaban J connectivity index is 1.90. The highest BCUT2D eigenvalue weighted by Crippen LogP contribution is 2.15. The van der Waals surface area contributed by atoms with Crippen molar-refractivity contribution in [2.24, 2.45) is 0 Å². The van der Waals surface area contributed by atoms with Crippen LogP contribution in [0.3, 0.4) is 0 Å². The molecule has 0 bridgehead atoms. The van der Waals surface area contributed by atoms with Crippen LogP contribution < -0.4 is 10.6 Å². The van der Waals surface area contributed by atoms with Gasteiger partial charge in [0.2, 0.25) is 0 Å². The molecule has 0 aliphatic carbocycles. The van der Waals surface area contributed by atoms with Crippen molar-refractivity contribution in [2.45, 2.75) is 18.7 Å². The predicted octanol–water partition coefficient (Wildman–Crippen LogP) is 4.28. The van der Waals surface area contributed by atoms with Gasteiger partial charge in [-0.25, -0.2) is 9.59 Å². The second kappa shape index (κ2) is 11.1. The zero-order chi connectivity index (χ0) is 18.8. The second-order valence-electron chi connectivity index (χ2n) is 5.41. The molecule has 0 heterocycles. The molecular formula is C19H21IN2O3S. The first kappa shape index (κ1) is 20.6. The van der Waals surface area contributed by atoms with E-state index in [9.17, 15) is 9.59 Å². The summed E-state index contributed by atoms with van der Waals surface area (Å²) >= 11 is 3.75. The minimum Gasteiger partial charge on any atom is -0.464 e. The summed E-state index contributed by atoms with van der Waals surface area (Å²) in [6.45, 7) is 2.02. The lowest BCUT2D eigenvalue weighted by atomic mass is 10.2. The summed E-state index contributed by atoms with van der Waals surface area (Å²) in [7, 11) is 0. The Morgan fingerprint density at radius 3 is 2.62 bits per heavy atom. The van der Waals surface area contributed by atoms with Crippen LogP contribution in [-0.4, -0.2) is 30.4 Å². The maximum absolute atomic E-state index is 12.2. The number of esters is 1. The van der Waals surface area contributed by atoms with Crippen molar-refractivity contribution < 1.29 is 14.3 Å². The summed E-state index contributed by atoms with van der Waals surface area (Å²) in [6, 6.07) is 16.3. The first-order chi connectivity index (χ1) is 12.6. The lowest BCUT2D eigenvalue weighted by molar-refractivity contribution is -0.144. The second-order valence-corrected chi connectivity index (χ2v) is 7.69. The van der Waals surface area contributed by atoms with Gasteiger partial charge in [0, 0.05) is 20.8 Å². The molecule has 0 aromatic heterocycles. The zero-order valence-electron chi connectivity index (χ0n) is 14.4. The van der Waals surface area contributed by atoms with Gasteiger partial charge >= 0.3 is 12.0 Å². The van der Waals surface area contributed by atoms with Crippen molar-refractivity contribution in [3.8, 4) is 0 Å². The minimum atomic E-state index is -0.702. The van der Waals surface area contributed by atoms with Crippen molar-refractivity contribution in [1.82, 2.24) is 5.32 Å². The van der Waals surface area contributed by atoms with Crippen LogP contribution in [0.2, 0.25) is 0 Å². The SMILES string of the molecule is CCOC(=O)C(CSCc1ccccc1)NC(=O)Nc1cccc(I)c1. The van der Waals surface area contributed by atoms with Gasteiger partial charge in [-0.3, -0.25) is 0 Å². The van der Waals surface area contributed by atoms with Gasteiger partial charge in [-0.15, -0.1) is 0 Å². The number of halogens is 1. The minimum absolute atomic E-state index is 0.277. The predicted molar refractivity (Wildman–Crippen MR) is 114 cm³/mol. The van der Waals surface area contributed by atoms with Crippen LogP contribution in [0.5, 0.6) is 0 Å². The van der Waals surface area contributed by atoms with Crippen LogP contribution >= 0.6 is 34.4 Å². The monoisotopic (exact) mass is 484 g/mol. The van der Waals surface area contributed by atoms with E-state index in [2.05, 4.69) is 33.2 Å². The van der Waals surface area contributed by atoms with Crippen LogP contribution in [0.4, 0.5) is 10.5 Å². The van der Waals surface area contributed by atoms with Gasteiger partial charge in [0.15, 0.2) is 0 Å². The standard InChI is InChI=1S/C19H21IN2O3S/c1-2-25-18(23)17(13-26-12-14-7-4-3-5-8-14)22-19(24)21-16-10-6-9-15(20)11-16/h3-11,17H,2,12-13H2,1H3,(H2,21,22,24). The summed E-state index contributed by atoms with van der Waals surface area (Å²) in [6.07, 6.45) is 0. The summed E-state index contributed by atoms with van der Waals surface area (Å²) < 4.78 is 6.10. The third-order valence-corrected chi connectivity index (χ3v) is 5.13. The van der Waals surface area contributed by atoms with Crippen LogP contribution in [0.15, 0.2) is 54.6 Å². The van der Waals surface area contributed by atoms with Gasteiger partial charge in [-0.05, 0) is 53.3 Å². The molecule has 2 N–H and O–H groups in total. The van der Waals surface area contributed by atoms with Crippen LogP contribution in [0.1, 0.15) is 12.5 Å². The third kappa shape index (κ3) is 7.25. The van der Waals surface area contributed by atoms with Crippen molar-refractivity contribution in [3.63, 3.8) is 0 Å². The van der Waals surface area contributed by atoms with Crippen LogP contribution in [0.25, 0.3) is 0 Å². The molecule has 0 radical (unpaired) electrons. The first-order valence-corrected chi connectivity index (χ1v) is 10.4. The number of ether oxygens (including phenoxy) is 1. The average Bonchev–Trinajstić information content (AvgIpc) is 2.62. The van der Waals surface area contributed by atoms with Crippen LogP contribution in [0, 0.1) is 3.57 Å². The molecule has 2 aromatic carbocycles. The lowest BCUT2D eigenvalue weighted by Gasteiger charge is -2.17. The van der Waals surface area contributed by atoms with E-state index in [1.807, 2.05) is 48.5 Å². The summed E-state index contributed by atoms with van der Waals surface area (Å²) in [5.74, 6) is 0.774. The zero-order valence-corrected chi connectivity index (χ0v) is 17.4. The van der Waals surface area contributed by atoms with Gasteiger partial charge in [0.1, 0.15) is 6.04 Å². The smallest absolute Gasteiger partial charge is 0.329 e. The number of amides is 2. The van der Waals surface area contributed by atoms with E-state index in [1.165, 1.54) is 5.56 Å². The van der Waals surface area contributed by atoms with Gasteiger partial charge in [-0.1, -0.05) is 36.4 Å². The fourth-order valence-corrected chi connectivity index (χ4v) is 3.72. The van der Waals surface area contributed by atoms with E-state index in [0.29, 0.717) is 11.4 Å². The number of nitrogens with one attached hydrogen (secondary N) is 2. The lowest BCUT2D eigenvalue weighted by Crippen LogP contribution is -2.45. The van der Waals surface area contributed by atoms with E-state index < -0.39 is 18.0 Å². The number of thioether (sulfide) groups is 1. The number of carbonyl (C=O) groups is 2. The van der Waals surface area contributed by atoms with Crippen molar-refractivity contribution in [2.75, 3.05) is 17.7 Å². The number of hydrogen-bond donors (Lipinski definition) is 2. The molecule has 0 aliphatic heterocycles. The van der Waals surface area contributed by atoms with Crippen LogP contribution in [-0.2, 0) is 15.3 Å². The first-order valence-electron chi connectivity index (χ1n) is 8.20. The molecule has 2 rings (SSSR count). The number of benzene rings is 2. The molecule has 0 aliphatic rings. The van der Waals surface area contributed by atoms with Crippen molar-refractivity contribution in [3.05, 3.63) is 63.7 Å². The Morgan fingerprint density at radius 1 is 1.15 bits per heavy atom.